The van der Waals surface area contributed by atoms with Gasteiger partial charge in [-0.05, 0) is 12.3 Å². The largest absolute Gasteiger partial charge is 0.376 e. The van der Waals surface area contributed by atoms with E-state index in [0.717, 1.165) is 5.75 Å². The van der Waals surface area contributed by atoms with E-state index in [-0.39, 0.29) is 0 Å². The molecule has 0 fully saturated rings. The molecule has 0 spiro atoms. The quantitative estimate of drug-likeness (QED) is 0.621. The van der Waals surface area contributed by atoms with Crippen molar-refractivity contribution >= 4 is 11.8 Å². The zero-order valence-corrected chi connectivity index (χ0v) is 6.60. The van der Waals surface area contributed by atoms with Gasteiger partial charge >= 0.3 is 0 Å². The molecule has 10 heavy (non-hydrogen) atoms. The summed E-state index contributed by atoms with van der Waals surface area (Å²) < 4.78 is 0. The van der Waals surface area contributed by atoms with Crippen LogP contribution in [0.25, 0.3) is 0 Å². The van der Waals surface area contributed by atoms with Crippen molar-refractivity contribution in [3.8, 4) is 0 Å². The summed E-state index contributed by atoms with van der Waals surface area (Å²) in [4.78, 5) is 0. The molecule has 0 aromatic carbocycles. The van der Waals surface area contributed by atoms with Crippen LogP contribution in [0.5, 0.6) is 0 Å². The second-order valence-electron chi connectivity index (χ2n) is 1.95. The van der Waals surface area contributed by atoms with E-state index < -0.39 is 0 Å². The molecule has 1 nitrogen and oxygen atoms in total. The molecule has 1 unspecified atom stereocenters. The molecule has 0 amide bonds. The lowest BCUT2D eigenvalue weighted by Crippen LogP contribution is -2.19. The molecule has 1 heterocycles. The van der Waals surface area contributed by atoms with Crippen LogP contribution in [0.3, 0.4) is 0 Å². The molecule has 0 aromatic rings. The Hall–Kier alpha value is -0.630. The second kappa shape index (κ2) is 4.23. The highest BCUT2D eigenvalue weighted by molar-refractivity contribution is 8.00. The van der Waals surface area contributed by atoms with E-state index in [4.69, 9.17) is 0 Å². The van der Waals surface area contributed by atoms with Crippen molar-refractivity contribution in [3.05, 3.63) is 37.1 Å². The number of rotatable bonds is 3. The van der Waals surface area contributed by atoms with Gasteiger partial charge in [-0.1, -0.05) is 18.2 Å². The molecule has 0 saturated carbocycles. The van der Waals surface area contributed by atoms with Crippen molar-refractivity contribution in [2.24, 2.45) is 0 Å². The average molecular weight is 153 g/mol. The molecule has 0 bridgehead atoms. The van der Waals surface area contributed by atoms with Gasteiger partial charge in [0.1, 0.15) is 0 Å². The molecule has 1 aliphatic rings. The Balaban J connectivity index is 2.23. The third-order valence-electron chi connectivity index (χ3n) is 1.15. The number of allylic oxidation sites excluding steroid dienone is 2. The van der Waals surface area contributed by atoms with Crippen LogP contribution in [0, 0.1) is 0 Å². The van der Waals surface area contributed by atoms with Crippen molar-refractivity contribution in [3.63, 3.8) is 0 Å². The summed E-state index contributed by atoms with van der Waals surface area (Å²) in [5.74, 6) is 0.996. The first kappa shape index (κ1) is 7.48. The zero-order valence-electron chi connectivity index (χ0n) is 5.79. The zero-order chi connectivity index (χ0) is 7.23. The van der Waals surface area contributed by atoms with Crippen LogP contribution < -0.4 is 5.32 Å². The first-order valence-corrected chi connectivity index (χ1v) is 4.30. The van der Waals surface area contributed by atoms with Gasteiger partial charge in [0.25, 0.3) is 0 Å². The SMILES string of the molecule is C=CCSC1C=CC=CN1. The third-order valence-corrected chi connectivity index (χ3v) is 2.23. The Labute approximate surface area is 65.9 Å². The minimum Gasteiger partial charge on any atom is -0.376 e. The van der Waals surface area contributed by atoms with Crippen LogP contribution in [-0.4, -0.2) is 11.1 Å². The summed E-state index contributed by atoms with van der Waals surface area (Å²) in [5.41, 5.74) is 0. The monoisotopic (exact) mass is 153 g/mol. The van der Waals surface area contributed by atoms with E-state index >= 15 is 0 Å². The number of hydrogen-bond acceptors (Lipinski definition) is 2. The fraction of sp³-hybridized carbons (Fsp3) is 0.250. The van der Waals surface area contributed by atoms with Crippen molar-refractivity contribution < 1.29 is 0 Å². The fourth-order valence-corrected chi connectivity index (χ4v) is 1.42. The molecule has 0 aromatic heterocycles. The van der Waals surface area contributed by atoms with Gasteiger partial charge in [-0.3, -0.25) is 0 Å². The standard InChI is InChI=1S/C8H11NS/c1-2-7-10-8-5-3-4-6-9-8/h2-6,8-9H,1,7H2. The predicted molar refractivity (Wildman–Crippen MR) is 47.9 cm³/mol. The Kier molecular flexibility index (Phi) is 3.16. The summed E-state index contributed by atoms with van der Waals surface area (Å²) in [6.07, 6.45) is 10.1. The van der Waals surface area contributed by atoms with E-state index in [1.165, 1.54) is 0 Å². The maximum atomic E-state index is 3.65. The summed E-state index contributed by atoms with van der Waals surface area (Å²) >= 11 is 1.83. The lowest BCUT2D eigenvalue weighted by Gasteiger charge is -2.13. The van der Waals surface area contributed by atoms with Gasteiger partial charge in [0, 0.05) is 5.75 Å². The van der Waals surface area contributed by atoms with Crippen LogP contribution in [0.1, 0.15) is 0 Å². The van der Waals surface area contributed by atoms with Gasteiger partial charge in [0.05, 0.1) is 5.37 Å². The lowest BCUT2D eigenvalue weighted by molar-refractivity contribution is 0.913. The van der Waals surface area contributed by atoms with Gasteiger partial charge in [-0.2, -0.15) is 0 Å². The van der Waals surface area contributed by atoms with Gasteiger partial charge in [-0.15, -0.1) is 18.3 Å². The molecule has 1 N–H and O–H groups in total. The smallest absolute Gasteiger partial charge is 0.0911 e. The molecule has 0 saturated heterocycles. The van der Waals surface area contributed by atoms with Crippen molar-refractivity contribution in [2.45, 2.75) is 5.37 Å². The first-order valence-electron chi connectivity index (χ1n) is 3.25. The maximum absolute atomic E-state index is 3.65. The number of thioether (sulfide) groups is 1. The second-order valence-corrected chi connectivity index (χ2v) is 3.13. The minimum absolute atomic E-state index is 0.433. The summed E-state index contributed by atoms with van der Waals surface area (Å²) in [6, 6.07) is 0. The van der Waals surface area contributed by atoms with E-state index in [2.05, 4.69) is 24.0 Å². The topological polar surface area (TPSA) is 12.0 Å². The van der Waals surface area contributed by atoms with Gasteiger partial charge in [0.2, 0.25) is 0 Å². The molecule has 54 valence electrons. The molecule has 0 radical (unpaired) electrons. The van der Waals surface area contributed by atoms with E-state index in [0.29, 0.717) is 5.37 Å². The molecule has 1 atom stereocenters. The predicted octanol–water partition coefficient (Wildman–Crippen LogP) is 1.90. The van der Waals surface area contributed by atoms with Crippen molar-refractivity contribution in [1.82, 2.24) is 5.32 Å². The van der Waals surface area contributed by atoms with Crippen LogP contribution in [-0.2, 0) is 0 Å². The van der Waals surface area contributed by atoms with Crippen LogP contribution in [0.4, 0.5) is 0 Å². The summed E-state index contributed by atoms with van der Waals surface area (Å²) in [5, 5.41) is 3.64. The highest BCUT2D eigenvalue weighted by Crippen LogP contribution is 2.11. The van der Waals surface area contributed by atoms with E-state index in [1.807, 2.05) is 30.1 Å². The highest BCUT2D eigenvalue weighted by Gasteiger charge is 2.00. The highest BCUT2D eigenvalue weighted by atomic mass is 32.2. The summed E-state index contributed by atoms with van der Waals surface area (Å²) in [6.45, 7) is 3.65. The Morgan fingerprint density at radius 3 is 3.10 bits per heavy atom. The van der Waals surface area contributed by atoms with Crippen LogP contribution in [0.2, 0.25) is 0 Å². The normalized spacial score (nSPS) is 22.2. The maximum Gasteiger partial charge on any atom is 0.0911 e. The fourth-order valence-electron chi connectivity index (χ4n) is 0.702. The van der Waals surface area contributed by atoms with Crippen LogP contribution in [0.15, 0.2) is 37.1 Å². The molecular formula is C8H11NS. The molecule has 2 heteroatoms. The molecule has 0 aliphatic carbocycles. The summed E-state index contributed by atoms with van der Waals surface area (Å²) in [7, 11) is 0. The van der Waals surface area contributed by atoms with Gasteiger partial charge in [0.15, 0.2) is 0 Å². The van der Waals surface area contributed by atoms with Crippen molar-refractivity contribution in [1.29, 1.82) is 0 Å². The van der Waals surface area contributed by atoms with Gasteiger partial charge in [-0.25, -0.2) is 0 Å². The third kappa shape index (κ3) is 2.31. The average Bonchev–Trinajstić information content (AvgIpc) is 2.03. The Bertz CT molecular complexity index is 161. The molecule has 1 aliphatic heterocycles. The number of dihydropyridines is 1. The number of nitrogens with one attached hydrogen (secondary N) is 1. The molecular weight excluding hydrogens is 142 g/mol. The van der Waals surface area contributed by atoms with Crippen molar-refractivity contribution in [2.75, 3.05) is 5.75 Å². The lowest BCUT2D eigenvalue weighted by atomic mass is 10.4. The number of hydrogen-bond donors (Lipinski definition) is 1. The Morgan fingerprint density at radius 1 is 1.60 bits per heavy atom. The minimum atomic E-state index is 0.433. The van der Waals surface area contributed by atoms with E-state index in [1.54, 1.807) is 0 Å². The van der Waals surface area contributed by atoms with Crippen LogP contribution >= 0.6 is 11.8 Å². The van der Waals surface area contributed by atoms with Gasteiger partial charge < -0.3 is 5.32 Å². The Morgan fingerprint density at radius 2 is 2.50 bits per heavy atom. The van der Waals surface area contributed by atoms with E-state index in [9.17, 15) is 0 Å². The first-order chi connectivity index (χ1) is 4.93. The molecule has 1 rings (SSSR count).